The average molecular weight is 217 g/mol. The molecule has 0 aromatic heterocycles. The zero-order chi connectivity index (χ0) is 11.1. The highest BCUT2D eigenvalue weighted by molar-refractivity contribution is 5.79. The van der Waals surface area contributed by atoms with Crippen LogP contribution in [0, 0.1) is 5.92 Å². The van der Waals surface area contributed by atoms with Gasteiger partial charge in [-0.15, -0.1) is 0 Å². The van der Waals surface area contributed by atoms with Crippen LogP contribution in [0.5, 0.6) is 0 Å². The van der Waals surface area contributed by atoms with Crippen molar-refractivity contribution in [1.82, 2.24) is 4.90 Å². The van der Waals surface area contributed by atoms with Gasteiger partial charge in [-0.1, -0.05) is 0 Å². The van der Waals surface area contributed by atoms with Crippen molar-refractivity contribution in [3.05, 3.63) is 0 Å². The minimum Gasteiger partial charge on any atom is -0.395 e. The van der Waals surface area contributed by atoms with Crippen molar-refractivity contribution in [2.45, 2.75) is 12.8 Å². The molecule has 1 fully saturated rings. The topological polar surface area (TPSA) is 70.0 Å². The molecule has 0 aliphatic carbocycles. The summed E-state index contributed by atoms with van der Waals surface area (Å²) in [6.07, 6.45) is 1.74. The van der Waals surface area contributed by atoms with Gasteiger partial charge in [0, 0.05) is 19.7 Å². The van der Waals surface area contributed by atoms with Crippen LogP contribution in [0.2, 0.25) is 0 Å². The van der Waals surface area contributed by atoms with Gasteiger partial charge in [0.05, 0.1) is 25.7 Å². The number of aliphatic hydroxyl groups excluding tert-OH is 2. The lowest BCUT2D eigenvalue weighted by atomic mass is 10.0. The number of hydrogen-bond donors (Lipinski definition) is 2. The molecule has 0 spiro atoms. The summed E-state index contributed by atoms with van der Waals surface area (Å²) in [7, 11) is 0. The van der Waals surface area contributed by atoms with Crippen LogP contribution in [0.4, 0.5) is 0 Å². The minimum atomic E-state index is -0.100. The largest absolute Gasteiger partial charge is 0.395 e. The van der Waals surface area contributed by atoms with Crippen LogP contribution in [0.1, 0.15) is 12.8 Å². The van der Waals surface area contributed by atoms with Crippen LogP contribution in [0.15, 0.2) is 0 Å². The fourth-order valence-electron chi connectivity index (χ4n) is 1.77. The Balaban J connectivity index is 2.45. The molecule has 5 nitrogen and oxygen atoms in total. The molecule has 0 aromatic rings. The molecule has 0 bridgehead atoms. The van der Waals surface area contributed by atoms with Crippen LogP contribution in [0.3, 0.4) is 0 Å². The molecule has 1 saturated heterocycles. The number of rotatable bonds is 5. The van der Waals surface area contributed by atoms with E-state index >= 15 is 0 Å². The molecule has 2 N–H and O–H groups in total. The van der Waals surface area contributed by atoms with Crippen molar-refractivity contribution in [3.63, 3.8) is 0 Å². The third-order valence-corrected chi connectivity index (χ3v) is 2.56. The monoisotopic (exact) mass is 217 g/mol. The van der Waals surface area contributed by atoms with Crippen molar-refractivity contribution in [2.24, 2.45) is 5.92 Å². The van der Waals surface area contributed by atoms with Crippen molar-refractivity contribution < 1.29 is 19.7 Å². The highest BCUT2D eigenvalue weighted by Gasteiger charge is 2.25. The smallest absolute Gasteiger partial charge is 0.228 e. The van der Waals surface area contributed by atoms with E-state index in [0.29, 0.717) is 6.61 Å². The molecular weight excluding hydrogens is 198 g/mol. The van der Waals surface area contributed by atoms with E-state index < -0.39 is 0 Å². The summed E-state index contributed by atoms with van der Waals surface area (Å²) in [5.41, 5.74) is 0. The first-order valence-corrected chi connectivity index (χ1v) is 5.38. The molecule has 0 radical (unpaired) electrons. The zero-order valence-electron chi connectivity index (χ0n) is 8.89. The standard InChI is InChI=1S/C10H19NO4/c12-5-3-11(4-6-13)10(14)9-2-1-7-15-8-9/h9,12-13H,1-8H2. The fourth-order valence-corrected chi connectivity index (χ4v) is 1.77. The van der Waals surface area contributed by atoms with Crippen molar-refractivity contribution >= 4 is 5.91 Å². The lowest BCUT2D eigenvalue weighted by molar-refractivity contribution is -0.140. The van der Waals surface area contributed by atoms with Crippen LogP contribution >= 0.6 is 0 Å². The van der Waals surface area contributed by atoms with Gasteiger partial charge in [0.2, 0.25) is 5.91 Å². The van der Waals surface area contributed by atoms with E-state index in [-0.39, 0.29) is 38.1 Å². The Labute approximate surface area is 89.6 Å². The summed E-state index contributed by atoms with van der Waals surface area (Å²) >= 11 is 0. The first-order valence-electron chi connectivity index (χ1n) is 5.38. The van der Waals surface area contributed by atoms with Gasteiger partial charge in [0.1, 0.15) is 0 Å². The molecule has 1 aliphatic heterocycles. The number of nitrogens with zero attached hydrogens (tertiary/aromatic N) is 1. The normalized spacial score (nSPS) is 21.3. The third kappa shape index (κ3) is 3.77. The molecule has 0 aromatic carbocycles. The Morgan fingerprint density at radius 2 is 2.00 bits per heavy atom. The number of carbonyl (C=O) groups excluding carboxylic acids is 1. The van der Waals surface area contributed by atoms with Gasteiger partial charge in [-0.3, -0.25) is 4.79 Å². The molecule has 1 amide bonds. The summed E-state index contributed by atoms with van der Waals surface area (Å²) < 4.78 is 5.24. The maximum Gasteiger partial charge on any atom is 0.228 e. The molecule has 15 heavy (non-hydrogen) atoms. The summed E-state index contributed by atoms with van der Waals surface area (Å²) in [5, 5.41) is 17.6. The third-order valence-electron chi connectivity index (χ3n) is 2.56. The molecule has 1 aliphatic rings. The second-order valence-corrected chi connectivity index (χ2v) is 3.69. The van der Waals surface area contributed by atoms with E-state index in [4.69, 9.17) is 14.9 Å². The SMILES string of the molecule is O=C(C1CCCOC1)N(CCO)CCO. The number of hydrogen-bond acceptors (Lipinski definition) is 4. The van der Waals surface area contributed by atoms with E-state index in [9.17, 15) is 4.79 Å². The van der Waals surface area contributed by atoms with Crippen LogP contribution in [0.25, 0.3) is 0 Å². The second-order valence-electron chi connectivity index (χ2n) is 3.69. The lowest BCUT2D eigenvalue weighted by Gasteiger charge is -2.28. The number of carbonyl (C=O) groups is 1. The molecule has 5 heteroatoms. The van der Waals surface area contributed by atoms with Crippen molar-refractivity contribution in [2.75, 3.05) is 39.5 Å². The first kappa shape index (κ1) is 12.4. The van der Waals surface area contributed by atoms with E-state index in [0.717, 1.165) is 19.4 Å². The Kier molecular flexibility index (Phi) is 5.60. The fraction of sp³-hybridized carbons (Fsp3) is 0.900. The van der Waals surface area contributed by atoms with E-state index in [1.54, 1.807) is 0 Å². The molecule has 1 atom stereocenters. The molecule has 1 heterocycles. The quantitative estimate of drug-likeness (QED) is 0.634. The highest BCUT2D eigenvalue weighted by Crippen LogP contribution is 2.16. The lowest BCUT2D eigenvalue weighted by Crippen LogP contribution is -2.42. The van der Waals surface area contributed by atoms with Gasteiger partial charge in [-0.2, -0.15) is 0 Å². The van der Waals surface area contributed by atoms with Gasteiger partial charge >= 0.3 is 0 Å². The summed E-state index contributed by atoms with van der Waals surface area (Å²) in [4.78, 5) is 13.4. The predicted octanol–water partition coefficient (Wildman–Crippen LogP) is -0.774. The number of aliphatic hydroxyl groups is 2. The number of ether oxygens (including phenoxy) is 1. The van der Waals surface area contributed by atoms with Crippen LogP contribution in [-0.2, 0) is 9.53 Å². The molecule has 1 unspecified atom stereocenters. The van der Waals surface area contributed by atoms with Crippen LogP contribution < -0.4 is 0 Å². The second kappa shape index (κ2) is 6.76. The molecule has 1 rings (SSSR count). The molecular formula is C10H19NO4. The summed E-state index contributed by atoms with van der Waals surface area (Å²) in [6.45, 7) is 1.63. The first-order chi connectivity index (χ1) is 7.29. The summed E-state index contributed by atoms with van der Waals surface area (Å²) in [6, 6.07) is 0. The number of amides is 1. The Bertz CT molecular complexity index is 186. The zero-order valence-corrected chi connectivity index (χ0v) is 8.89. The molecule has 88 valence electrons. The van der Waals surface area contributed by atoms with Crippen molar-refractivity contribution in [3.8, 4) is 0 Å². The predicted molar refractivity (Wildman–Crippen MR) is 54.3 cm³/mol. The highest BCUT2D eigenvalue weighted by atomic mass is 16.5. The van der Waals surface area contributed by atoms with E-state index in [2.05, 4.69) is 0 Å². The van der Waals surface area contributed by atoms with Gasteiger partial charge < -0.3 is 19.8 Å². The van der Waals surface area contributed by atoms with Crippen molar-refractivity contribution in [1.29, 1.82) is 0 Å². The van der Waals surface area contributed by atoms with Gasteiger partial charge in [-0.25, -0.2) is 0 Å². The van der Waals surface area contributed by atoms with Gasteiger partial charge in [0.25, 0.3) is 0 Å². The minimum absolute atomic E-state index is 0.0159. The Morgan fingerprint density at radius 1 is 1.33 bits per heavy atom. The van der Waals surface area contributed by atoms with E-state index in [1.807, 2.05) is 0 Å². The van der Waals surface area contributed by atoms with Gasteiger partial charge in [0.15, 0.2) is 0 Å². The maximum absolute atomic E-state index is 11.9. The molecule has 0 saturated carbocycles. The average Bonchev–Trinajstić information content (AvgIpc) is 2.29. The Morgan fingerprint density at radius 3 is 2.47 bits per heavy atom. The summed E-state index contributed by atoms with van der Waals surface area (Å²) in [5.74, 6) is -0.116. The Hall–Kier alpha value is -0.650. The van der Waals surface area contributed by atoms with Crippen LogP contribution in [-0.4, -0.2) is 60.5 Å². The van der Waals surface area contributed by atoms with Gasteiger partial charge in [-0.05, 0) is 12.8 Å². The maximum atomic E-state index is 11.9. The van der Waals surface area contributed by atoms with E-state index in [1.165, 1.54) is 4.90 Å².